The molecule has 0 radical (unpaired) electrons. The number of rotatable bonds is 2. The average Bonchev–Trinajstić information content (AvgIpc) is 2.09. The van der Waals surface area contributed by atoms with Gasteiger partial charge in [-0.15, -0.1) is 0 Å². The fourth-order valence-electron chi connectivity index (χ4n) is 0.792. The molecule has 0 aromatic carbocycles. The van der Waals surface area contributed by atoms with Gasteiger partial charge >= 0.3 is 5.97 Å². The Kier molecular flexibility index (Phi) is 2.28. The summed E-state index contributed by atoms with van der Waals surface area (Å²) in [5.74, 6) is -0.848. The Morgan fingerprint density at radius 2 is 2.55 bits per heavy atom. The van der Waals surface area contributed by atoms with Gasteiger partial charge in [0.15, 0.2) is 0 Å². The monoisotopic (exact) mass is 218 g/mol. The first-order valence-corrected chi connectivity index (χ1v) is 3.78. The van der Waals surface area contributed by atoms with Gasteiger partial charge in [-0.25, -0.2) is 0 Å². The third-order valence-corrected chi connectivity index (χ3v) is 1.86. The molecule has 1 heterocycles. The van der Waals surface area contributed by atoms with Crippen molar-refractivity contribution in [2.75, 3.05) is 0 Å². The Labute approximate surface area is 72.0 Å². The zero-order valence-electron chi connectivity index (χ0n) is 5.91. The van der Waals surface area contributed by atoms with Gasteiger partial charge in [0.05, 0.1) is 6.42 Å². The Hall–Kier alpha value is -0.840. The Balaban J connectivity index is 2.85. The first-order chi connectivity index (χ1) is 5.09. The lowest BCUT2D eigenvalue weighted by molar-refractivity contribution is -0.136. The van der Waals surface area contributed by atoms with Crippen molar-refractivity contribution < 1.29 is 9.90 Å². The number of carboxylic acid groups (broad SMARTS) is 1. The quantitative estimate of drug-likeness (QED) is 0.800. The second kappa shape index (κ2) is 3.04. The number of halogens is 1. The van der Waals surface area contributed by atoms with E-state index >= 15 is 0 Å². The molecule has 1 rings (SSSR count). The first kappa shape index (κ1) is 8.26. The highest BCUT2D eigenvalue weighted by Gasteiger charge is 2.07. The Morgan fingerprint density at radius 1 is 1.91 bits per heavy atom. The van der Waals surface area contributed by atoms with Crippen molar-refractivity contribution >= 4 is 21.9 Å². The van der Waals surface area contributed by atoms with E-state index in [1.807, 2.05) is 0 Å². The highest BCUT2D eigenvalue weighted by molar-refractivity contribution is 9.10. The fraction of sp³-hybridized carbons (Fsp3) is 0.333. The van der Waals surface area contributed by atoms with Crippen molar-refractivity contribution in [3.63, 3.8) is 0 Å². The maximum atomic E-state index is 10.3. The molecule has 1 aromatic heterocycles. The van der Waals surface area contributed by atoms with E-state index in [1.165, 1.54) is 0 Å². The van der Waals surface area contributed by atoms with Crippen LogP contribution in [0.4, 0.5) is 0 Å². The third kappa shape index (κ3) is 2.04. The number of nitrogens with zero attached hydrogens (tertiary/aromatic N) is 2. The molecule has 0 saturated carbocycles. The molecule has 0 atom stereocenters. The number of carbonyl (C=O) groups is 1. The number of hydrogen-bond acceptors (Lipinski definition) is 2. The predicted molar refractivity (Wildman–Crippen MR) is 42.2 cm³/mol. The van der Waals surface area contributed by atoms with Gasteiger partial charge in [0.2, 0.25) is 0 Å². The Bertz CT molecular complexity index is 282. The highest BCUT2D eigenvalue weighted by Crippen LogP contribution is 2.13. The number of carboxylic acids is 1. The molecule has 60 valence electrons. The fourth-order valence-corrected chi connectivity index (χ4v) is 1.28. The standard InChI is InChI=1S/C6H7BrN2O2/c1-9-3-4(2-5(10)11)6(7)8-9/h3H,2H2,1H3,(H,10,11). The minimum absolute atomic E-state index is 0.00836. The van der Waals surface area contributed by atoms with Crippen LogP contribution in [0.1, 0.15) is 5.56 Å². The SMILES string of the molecule is Cn1cc(CC(=O)O)c(Br)n1. The van der Waals surface area contributed by atoms with Crippen LogP contribution in [0.2, 0.25) is 0 Å². The van der Waals surface area contributed by atoms with Gasteiger partial charge < -0.3 is 5.11 Å². The summed E-state index contributed by atoms with van der Waals surface area (Å²) in [7, 11) is 1.75. The molecule has 5 heteroatoms. The molecule has 0 aliphatic carbocycles. The molecule has 0 unspecified atom stereocenters. The highest BCUT2D eigenvalue weighted by atomic mass is 79.9. The van der Waals surface area contributed by atoms with E-state index in [4.69, 9.17) is 5.11 Å². The van der Waals surface area contributed by atoms with Crippen molar-refractivity contribution in [3.8, 4) is 0 Å². The second-order valence-corrected chi connectivity index (χ2v) is 2.94. The van der Waals surface area contributed by atoms with E-state index in [0.717, 1.165) is 0 Å². The van der Waals surface area contributed by atoms with Crippen LogP contribution in [-0.2, 0) is 18.3 Å². The molecule has 0 amide bonds. The zero-order chi connectivity index (χ0) is 8.43. The van der Waals surface area contributed by atoms with Crippen molar-refractivity contribution in [2.45, 2.75) is 6.42 Å². The topological polar surface area (TPSA) is 55.1 Å². The average molecular weight is 219 g/mol. The van der Waals surface area contributed by atoms with Crippen LogP contribution in [0.3, 0.4) is 0 Å². The Morgan fingerprint density at radius 3 is 2.91 bits per heavy atom. The molecule has 1 aromatic rings. The summed E-state index contributed by atoms with van der Waals surface area (Å²) in [5.41, 5.74) is 0.694. The summed E-state index contributed by atoms with van der Waals surface area (Å²) < 4.78 is 2.17. The zero-order valence-corrected chi connectivity index (χ0v) is 7.50. The third-order valence-electron chi connectivity index (χ3n) is 1.19. The van der Waals surface area contributed by atoms with Crippen LogP contribution < -0.4 is 0 Å². The minimum Gasteiger partial charge on any atom is -0.481 e. The smallest absolute Gasteiger partial charge is 0.307 e. The molecular weight excluding hydrogens is 212 g/mol. The van der Waals surface area contributed by atoms with Crippen LogP contribution in [0.5, 0.6) is 0 Å². The van der Waals surface area contributed by atoms with Crippen molar-refractivity contribution in [1.29, 1.82) is 0 Å². The lowest BCUT2D eigenvalue weighted by Gasteiger charge is -1.88. The van der Waals surface area contributed by atoms with Crippen molar-refractivity contribution in [3.05, 3.63) is 16.4 Å². The van der Waals surface area contributed by atoms with Crippen LogP contribution in [0, 0.1) is 0 Å². The van der Waals surface area contributed by atoms with Gasteiger partial charge in [0.25, 0.3) is 0 Å². The summed E-state index contributed by atoms with van der Waals surface area (Å²) in [6.45, 7) is 0. The van der Waals surface area contributed by atoms with E-state index in [0.29, 0.717) is 10.2 Å². The summed E-state index contributed by atoms with van der Waals surface area (Å²) >= 11 is 3.15. The van der Waals surface area contributed by atoms with E-state index in [1.54, 1.807) is 17.9 Å². The molecule has 1 N–H and O–H groups in total. The summed E-state index contributed by atoms with van der Waals surface area (Å²) in [5, 5.41) is 12.4. The molecule has 0 spiro atoms. The predicted octanol–water partition coefficient (Wildman–Crippen LogP) is 0.810. The van der Waals surface area contributed by atoms with Crippen LogP contribution in [0.15, 0.2) is 10.8 Å². The van der Waals surface area contributed by atoms with Gasteiger partial charge in [0, 0.05) is 18.8 Å². The maximum absolute atomic E-state index is 10.3. The van der Waals surface area contributed by atoms with Gasteiger partial charge in [0.1, 0.15) is 4.60 Å². The van der Waals surface area contributed by atoms with Gasteiger partial charge in [-0.05, 0) is 15.9 Å². The van der Waals surface area contributed by atoms with Crippen LogP contribution >= 0.6 is 15.9 Å². The molecule has 0 bridgehead atoms. The molecule has 4 nitrogen and oxygen atoms in total. The van der Waals surface area contributed by atoms with Crippen molar-refractivity contribution in [1.82, 2.24) is 9.78 Å². The van der Waals surface area contributed by atoms with Gasteiger partial charge in [-0.1, -0.05) is 0 Å². The van der Waals surface area contributed by atoms with Crippen LogP contribution in [-0.4, -0.2) is 20.9 Å². The lowest BCUT2D eigenvalue weighted by Crippen LogP contribution is -1.99. The maximum Gasteiger partial charge on any atom is 0.307 e. The number of aryl methyl sites for hydroxylation is 1. The summed E-state index contributed by atoms with van der Waals surface area (Å²) in [4.78, 5) is 10.3. The second-order valence-electron chi connectivity index (χ2n) is 2.19. The number of hydrogen-bond donors (Lipinski definition) is 1. The van der Waals surface area contributed by atoms with E-state index in [2.05, 4.69) is 21.0 Å². The summed E-state index contributed by atoms with van der Waals surface area (Å²) in [6, 6.07) is 0. The number of aromatic nitrogens is 2. The van der Waals surface area contributed by atoms with E-state index in [9.17, 15) is 4.79 Å². The van der Waals surface area contributed by atoms with E-state index in [-0.39, 0.29) is 6.42 Å². The minimum atomic E-state index is -0.848. The van der Waals surface area contributed by atoms with Crippen molar-refractivity contribution in [2.24, 2.45) is 7.05 Å². The largest absolute Gasteiger partial charge is 0.481 e. The molecule has 11 heavy (non-hydrogen) atoms. The molecule has 0 fully saturated rings. The molecule has 0 aliphatic rings. The first-order valence-electron chi connectivity index (χ1n) is 2.99. The normalized spacial score (nSPS) is 10.0. The van der Waals surface area contributed by atoms with E-state index < -0.39 is 5.97 Å². The molecule has 0 saturated heterocycles. The van der Waals surface area contributed by atoms with Gasteiger partial charge in [-0.3, -0.25) is 9.48 Å². The summed E-state index contributed by atoms with van der Waals surface area (Å²) in [6.07, 6.45) is 1.69. The molecular formula is C6H7BrN2O2. The lowest BCUT2D eigenvalue weighted by atomic mass is 10.3. The number of aliphatic carboxylic acids is 1. The van der Waals surface area contributed by atoms with Gasteiger partial charge in [-0.2, -0.15) is 5.10 Å². The molecule has 0 aliphatic heterocycles. The van der Waals surface area contributed by atoms with Crippen LogP contribution in [0.25, 0.3) is 0 Å².